The first kappa shape index (κ1) is 12.2. The molecule has 2 heterocycles. The van der Waals surface area contributed by atoms with Gasteiger partial charge in [0.1, 0.15) is 5.69 Å². The monoisotopic (exact) mass is 251 g/mol. The Bertz CT molecular complexity index is 391. The van der Waals surface area contributed by atoms with Gasteiger partial charge in [0.2, 0.25) is 0 Å². The van der Waals surface area contributed by atoms with Crippen LogP contribution in [0.1, 0.15) is 23.3 Å². The highest BCUT2D eigenvalue weighted by atomic mass is 32.2. The zero-order valence-electron chi connectivity index (χ0n) is 9.90. The number of amides is 1. The van der Waals surface area contributed by atoms with Crippen LogP contribution in [0.15, 0.2) is 18.3 Å². The summed E-state index contributed by atoms with van der Waals surface area (Å²) in [5.41, 5.74) is 1.38. The summed E-state index contributed by atoms with van der Waals surface area (Å²) in [5, 5.41) is 6.04. The Morgan fingerprint density at radius 3 is 3.18 bits per heavy atom. The average Bonchev–Trinajstić information content (AvgIpc) is 2.40. The number of carbonyl (C=O) groups is 1. The van der Waals surface area contributed by atoms with Crippen LogP contribution in [0.4, 0.5) is 5.69 Å². The normalized spacial score (nSPS) is 19.7. The Morgan fingerprint density at radius 1 is 1.59 bits per heavy atom. The van der Waals surface area contributed by atoms with Gasteiger partial charge < -0.3 is 10.6 Å². The lowest BCUT2D eigenvalue weighted by molar-refractivity contribution is 0.0933. The summed E-state index contributed by atoms with van der Waals surface area (Å²) in [5.74, 6) is 2.15. The third kappa shape index (κ3) is 3.36. The van der Waals surface area contributed by atoms with Gasteiger partial charge in [-0.1, -0.05) is 0 Å². The zero-order chi connectivity index (χ0) is 12.1. The van der Waals surface area contributed by atoms with E-state index in [-0.39, 0.29) is 5.91 Å². The van der Waals surface area contributed by atoms with E-state index in [1.807, 2.05) is 24.9 Å². The molecule has 1 aliphatic heterocycles. The van der Waals surface area contributed by atoms with Crippen molar-refractivity contribution in [1.29, 1.82) is 0 Å². The highest BCUT2D eigenvalue weighted by molar-refractivity contribution is 7.99. The summed E-state index contributed by atoms with van der Waals surface area (Å²) in [6, 6.07) is 3.90. The number of hydrogen-bond acceptors (Lipinski definition) is 4. The number of carbonyl (C=O) groups excluding carboxylic acids is 1. The fraction of sp³-hybridized carbons (Fsp3) is 0.500. The SMILES string of the molecule is CNc1ccnc(C(=O)NC2CCCSC2)c1. The van der Waals surface area contributed by atoms with Crippen molar-refractivity contribution in [3.63, 3.8) is 0 Å². The van der Waals surface area contributed by atoms with Gasteiger partial charge in [0.15, 0.2) is 0 Å². The van der Waals surface area contributed by atoms with E-state index < -0.39 is 0 Å². The molecule has 92 valence electrons. The zero-order valence-corrected chi connectivity index (χ0v) is 10.7. The van der Waals surface area contributed by atoms with Crippen LogP contribution in [-0.2, 0) is 0 Å². The van der Waals surface area contributed by atoms with Gasteiger partial charge in [-0.25, -0.2) is 0 Å². The van der Waals surface area contributed by atoms with Crippen LogP contribution in [0.3, 0.4) is 0 Å². The summed E-state index contributed by atoms with van der Waals surface area (Å²) < 4.78 is 0. The van der Waals surface area contributed by atoms with Crippen molar-refractivity contribution in [1.82, 2.24) is 10.3 Å². The van der Waals surface area contributed by atoms with Crippen LogP contribution in [-0.4, -0.2) is 35.5 Å². The molecular formula is C12H17N3OS. The standard InChI is InChI=1S/C12H17N3OS/c1-13-9-4-5-14-11(7-9)12(16)15-10-3-2-6-17-8-10/h4-5,7,10H,2-3,6,8H2,1H3,(H,13,14)(H,15,16). The van der Waals surface area contributed by atoms with Gasteiger partial charge in [0.05, 0.1) is 0 Å². The molecule has 0 radical (unpaired) electrons. The van der Waals surface area contributed by atoms with E-state index in [4.69, 9.17) is 0 Å². The van der Waals surface area contributed by atoms with Crippen molar-refractivity contribution in [3.05, 3.63) is 24.0 Å². The summed E-state index contributed by atoms with van der Waals surface area (Å²) in [6.45, 7) is 0. The average molecular weight is 251 g/mol. The van der Waals surface area contributed by atoms with E-state index in [1.165, 1.54) is 12.2 Å². The third-order valence-corrected chi connectivity index (χ3v) is 3.99. The summed E-state index contributed by atoms with van der Waals surface area (Å²) in [6.07, 6.45) is 3.90. The number of thioether (sulfide) groups is 1. The Balaban J connectivity index is 1.98. The van der Waals surface area contributed by atoms with Crippen molar-refractivity contribution in [2.24, 2.45) is 0 Å². The molecule has 0 aromatic carbocycles. The van der Waals surface area contributed by atoms with Gasteiger partial charge in [-0.05, 0) is 30.7 Å². The predicted molar refractivity (Wildman–Crippen MR) is 71.6 cm³/mol. The van der Waals surface area contributed by atoms with Gasteiger partial charge in [0, 0.05) is 30.7 Å². The molecule has 1 atom stereocenters. The summed E-state index contributed by atoms with van der Waals surface area (Å²) >= 11 is 1.90. The van der Waals surface area contributed by atoms with E-state index in [0.29, 0.717) is 11.7 Å². The molecular weight excluding hydrogens is 234 g/mol. The maximum Gasteiger partial charge on any atom is 0.270 e. The van der Waals surface area contributed by atoms with E-state index in [1.54, 1.807) is 12.3 Å². The van der Waals surface area contributed by atoms with Gasteiger partial charge in [-0.3, -0.25) is 9.78 Å². The Kier molecular flexibility index (Phi) is 4.25. The highest BCUT2D eigenvalue weighted by Gasteiger charge is 2.17. The molecule has 1 fully saturated rings. The highest BCUT2D eigenvalue weighted by Crippen LogP contribution is 2.17. The maximum atomic E-state index is 12.0. The molecule has 2 rings (SSSR count). The molecule has 5 heteroatoms. The predicted octanol–water partition coefficient (Wildman–Crippen LogP) is 1.75. The van der Waals surface area contributed by atoms with Crippen LogP contribution in [0.2, 0.25) is 0 Å². The Hall–Kier alpha value is -1.23. The van der Waals surface area contributed by atoms with Crippen LogP contribution in [0.25, 0.3) is 0 Å². The molecule has 1 unspecified atom stereocenters. The molecule has 0 spiro atoms. The van der Waals surface area contributed by atoms with Gasteiger partial charge in [0.25, 0.3) is 5.91 Å². The van der Waals surface area contributed by atoms with Crippen LogP contribution in [0, 0.1) is 0 Å². The minimum Gasteiger partial charge on any atom is -0.388 e. The molecule has 0 saturated carbocycles. The molecule has 0 aliphatic carbocycles. The number of pyridine rings is 1. The Morgan fingerprint density at radius 2 is 2.47 bits per heavy atom. The summed E-state index contributed by atoms with van der Waals surface area (Å²) in [4.78, 5) is 16.1. The first-order valence-corrected chi connectivity index (χ1v) is 6.97. The van der Waals surface area contributed by atoms with E-state index in [2.05, 4.69) is 15.6 Å². The molecule has 1 aliphatic rings. The number of aromatic nitrogens is 1. The number of nitrogens with zero attached hydrogens (tertiary/aromatic N) is 1. The number of hydrogen-bond donors (Lipinski definition) is 2. The molecule has 1 aromatic heterocycles. The number of nitrogens with one attached hydrogen (secondary N) is 2. The number of rotatable bonds is 3. The van der Waals surface area contributed by atoms with Gasteiger partial charge in [-0.15, -0.1) is 0 Å². The van der Waals surface area contributed by atoms with E-state index >= 15 is 0 Å². The second-order valence-electron chi connectivity index (χ2n) is 4.07. The maximum absolute atomic E-state index is 12.0. The van der Waals surface area contributed by atoms with Crippen molar-refractivity contribution in [2.75, 3.05) is 23.9 Å². The molecule has 1 saturated heterocycles. The molecule has 2 N–H and O–H groups in total. The van der Waals surface area contributed by atoms with Gasteiger partial charge in [-0.2, -0.15) is 11.8 Å². The lowest BCUT2D eigenvalue weighted by Crippen LogP contribution is -2.38. The molecule has 17 heavy (non-hydrogen) atoms. The van der Waals surface area contributed by atoms with Crippen molar-refractivity contribution in [2.45, 2.75) is 18.9 Å². The largest absolute Gasteiger partial charge is 0.388 e. The third-order valence-electron chi connectivity index (χ3n) is 2.78. The second-order valence-corrected chi connectivity index (χ2v) is 5.22. The number of anilines is 1. The van der Waals surface area contributed by atoms with Crippen molar-refractivity contribution >= 4 is 23.4 Å². The van der Waals surface area contributed by atoms with Crippen LogP contribution in [0.5, 0.6) is 0 Å². The molecule has 1 amide bonds. The lowest BCUT2D eigenvalue weighted by atomic mass is 10.2. The van der Waals surface area contributed by atoms with E-state index in [0.717, 1.165) is 17.9 Å². The first-order chi connectivity index (χ1) is 8.29. The second kappa shape index (κ2) is 5.91. The fourth-order valence-corrected chi connectivity index (χ4v) is 2.90. The van der Waals surface area contributed by atoms with E-state index in [9.17, 15) is 4.79 Å². The minimum absolute atomic E-state index is 0.0744. The van der Waals surface area contributed by atoms with Crippen molar-refractivity contribution < 1.29 is 4.79 Å². The topological polar surface area (TPSA) is 54.0 Å². The molecule has 4 nitrogen and oxygen atoms in total. The molecule has 1 aromatic rings. The first-order valence-electron chi connectivity index (χ1n) is 5.82. The lowest BCUT2D eigenvalue weighted by Gasteiger charge is -2.22. The van der Waals surface area contributed by atoms with Crippen LogP contribution < -0.4 is 10.6 Å². The fourth-order valence-electron chi connectivity index (χ4n) is 1.82. The smallest absolute Gasteiger partial charge is 0.270 e. The summed E-state index contributed by atoms with van der Waals surface area (Å²) in [7, 11) is 1.83. The quantitative estimate of drug-likeness (QED) is 0.859. The minimum atomic E-state index is -0.0744. The Labute approximate surface area is 106 Å². The molecule has 0 bridgehead atoms. The van der Waals surface area contributed by atoms with Gasteiger partial charge >= 0.3 is 0 Å². The van der Waals surface area contributed by atoms with Crippen LogP contribution >= 0.6 is 11.8 Å². The van der Waals surface area contributed by atoms with Crippen molar-refractivity contribution in [3.8, 4) is 0 Å².